The van der Waals surface area contributed by atoms with Crippen LogP contribution in [0.5, 0.6) is 5.88 Å². The fourth-order valence-corrected chi connectivity index (χ4v) is 4.56. The number of aryl methyl sites for hydroxylation is 1. The van der Waals surface area contributed by atoms with Gasteiger partial charge in [0.2, 0.25) is 5.88 Å². The number of alkyl halides is 5. The lowest BCUT2D eigenvalue weighted by atomic mass is 10.0. The number of ether oxygens (including phenoxy) is 1. The summed E-state index contributed by atoms with van der Waals surface area (Å²) in [6.07, 6.45) is 1.01. The molecule has 9 nitrogen and oxygen atoms in total. The molecule has 1 aliphatic rings. The Labute approximate surface area is 222 Å². The Morgan fingerprint density at radius 2 is 1.82 bits per heavy atom. The Balaban J connectivity index is 1.35. The van der Waals surface area contributed by atoms with Crippen molar-refractivity contribution in [2.75, 3.05) is 0 Å². The molecule has 0 radical (unpaired) electrons. The summed E-state index contributed by atoms with van der Waals surface area (Å²) in [5, 5.41) is 11.2. The van der Waals surface area contributed by atoms with E-state index in [2.05, 4.69) is 34.6 Å². The molecule has 6 rings (SSSR count). The third kappa shape index (κ3) is 4.74. The number of hydrogen-bond donors (Lipinski definition) is 2. The van der Waals surface area contributed by atoms with Crippen LogP contribution in [-0.2, 0) is 13.2 Å². The number of halogens is 5. The Hall–Kier alpha value is -4.46. The molecule has 0 saturated heterocycles. The quantitative estimate of drug-likeness (QED) is 0.258. The lowest BCUT2D eigenvalue weighted by molar-refractivity contribution is -0.140. The highest BCUT2D eigenvalue weighted by molar-refractivity contribution is 5.82. The number of aromatic amines is 1. The first-order valence-corrected chi connectivity index (χ1v) is 12.1. The topological polar surface area (TPSA) is 115 Å². The number of nitrogens with zero attached hydrogens (tertiary/aromatic N) is 6. The third-order valence-corrected chi connectivity index (χ3v) is 6.62. The molecule has 40 heavy (non-hydrogen) atoms. The summed E-state index contributed by atoms with van der Waals surface area (Å²) in [4.78, 5) is 23.7. The lowest BCUT2D eigenvalue weighted by Crippen LogP contribution is -2.08. The molecule has 1 fully saturated rings. The van der Waals surface area contributed by atoms with Gasteiger partial charge in [0.05, 0.1) is 22.9 Å². The van der Waals surface area contributed by atoms with E-state index < -0.39 is 24.6 Å². The van der Waals surface area contributed by atoms with Gasteiger partial charge < -0.3 is 19.4 Å². The van der Waals surface area contributed by atoms with E-state index in [1.54, 1.807) is 30.5 Å². The molecule has 0 amide bonds. The van der Waals surface area contributed by atoms with Gasteiger partial charge in [-0.15, -0.1) is 0 Å². The number of rotatable bonds is 7. The Kier molecular flexibility index (Phi) is 6.21. The van der Waals surface area contributed by atoms with Crippen LogP contribution in [0.1, 0.15) is 47.4 Å². The van der Waals surface area contributed by atoms with Crippen LogP contribution >= 0.6 is 0 Å². The molecular formula is C26H20F5N7O2. The lowest BCUT2D eigenvalue weighted by Gasteiger charge is -2.13. The Morgan fingerprint density at radius 3 is 2.48 bits per heavy atom. The van der Waals surface area contributed by atoms with Gasteiger partial charge in [0, 0.05) is 36.5 Å². The molecule has 4 heterocycles. The molecule has 206 valence electrons. The minimum atomic E-state index is -4.57. The van der Waals surface area contributed by atoms with E-state index in [0.29, 0.717) is 33.4 Å². The molecule has 2 N–H and O–H groups in total. The zero-order chi connectivity index (χ0) is 28.2. The first-order chi connectivity index (χ1) is 19.1. The van der Waals surface area contributed by atoms with Crippen molar-refractivity contribution in [2.45, 2.75) is 37.7 Å². The first-order valence-electron chi connectivity index (χ1n) is 12.1. The van der Waals surface area contributed by atoms with E-state index in [9.17, 15) is 27.1 Å². The molecule has 1 aliphatic carbocycles. The van der Waals surface area contributed by atoms with Gasteiger partial charge in [0.1, 0.15) is 23.8 Å². The molecule has 0 spiro atoms. The second-order valence-electron chi connectivity index (χ2n) is 9.37. The van der Waals surface area contributed by atoms with Gasteiger partial charge in [-0.2, -0.15) is 22.0 Å². The summed E-state index contributed by atoms with van der Waals surface area (Å²) in [5.74, 6) is -0.0824. The van der Waals surface area contributed by atoms with Crippen LogP contribution in [0.15, 0.2) is 49.2 Å². The summed E-state index contributed by atoms with van der Waals surface area (Å²) < 4.78 is 71.3. The molecule has 0 bridgehead atoms. The number of benzene rings is 1. The van der Waals surface area contributed by atoms with Crippen molar-refractivity contribution in [3.8, 4) is 28.7 Å². The number of aliphatic hydroxyl groups excluding tert-OH is 1. The van der Waals surface area contributed by atoms with Crippen LogP contribution < -0.4 is 4.74 Å². The van der Waals surface area contributed by atoms with Crippen molar-refractivity contribution in [2.24, 2.45) is 7.05 Å². The number of aliphatic hydroxyl groups is 1. The van der Waals surface area contributed by atoms with E-state index >= 15 is 0 Å². The van der Waals surface area contributed by atoms with E-state index in [-0.39, 0.29) is 29.0 Å². The molecule has 0 unspecified atom stereocenters. The molecule has 1 atom stereocenters. The standard InChI is InChI=1S/C26H20F5N7O2/c1-38-10-17(26(29,30)31)36-23(38)14-6-4-13(5-7-14)21(39)15-8-32-16-9-33-22(37-20(15)16)18-19(12-2-3-12)34-11-35-24(18)40-25(27)28/h4-12,21,25,32,39H,2-3H2,1H3/t21-/m1/s1. The average Bonchev–Trinajstić information content (AvgIpc) is 3.56. The number of nitrogens with one attached hydrogen (secondary N) is 1. The average molecular weight is 557 g/mol. The maximum atomic E-state index is 13.1. The fraction of sp³-hybridized carbons (Fsp3) is 0.269. The van der Waals surface area contributed by atoms with E-state index in [1.165, 1.54) is 17.8 Å². The third-order valence-electron chi connectivity index (χ3n) is 6.62. The smallest absolute Gasteiger partial charge is 0.416 e. The van der Waals surface area contributed by atoms with Gasteiger partial charge in [-0.1, -0.05) is 24.3 Å². The molecular weight excluding hydrogens is 537 g/mol. The number of hydrogen-bond acceptors (Lipinski definition) is 7. The second kappa shape index (κ2) is 9.62. The van der Waals surface area contributed by atoms with Crippen LogP contribution in [0.2, 0.25) is 0 Å². The molecule has 0 aliphatic heterocycles. The predicted octanol–water partition coefficient (Wildman–Crippen LogP) is 5.39. The van der Waals surface area contributed by atoms with Crippen LogP contribution in [0.25, 0.3) is 33.8 Å². The van der Waals surface area contributed by atoms with Crippen molar-refractivity contribution in [1.82, 2.24) is 34.5 Å². The predicted molar refractivity (Wildman–Crippen MR) is 131 cm³/mol. The number of H-pyrrole nitrogens is 1. The molecule has 1 aromatic carbocycles. The Morgan fingerprint density at radius 1 is 1.07 bits per heavy atom. The summed E-state index contributed by atoms with van der Waals surface area (Å²) in [6.45, 7) is -3.11. The number of fused-ring (bicyclic) bond motifs is 1. The minimum absolute atomic E-state index is 0.0537. The van der Waals surface area contributed by atoms with Crippen LogP contribution in [0.3, 0.4) is 0 Å². The van der Waals surface area contributed by atoms with Crippen molar-refractivity contribution in [3.63, 3.8) is 0 Å². The van der Waals surface area contributed by atoms with Gasteiger partial charge in [-0.25, -0.2) is 24.9 Å². The molecule has 14 heteroatoms. The molecule has 1 saturated carbocycles. The second-order valence-corrected chi connectivity index (χ2v) is 9.37. The van der Waals surface area contributed by atoms with Crippen molar-refractivity contribution in [3.05, 3.63) is 71.7 Å². The highest BCUT2D eigenvalue weighted by Crippen LogP contribution is 2.45. The molecule has 4 aromatic heterocycles. The summed E-state index contributed by atoms with van der Waals surface area (Å²) in [7, 11) is 1.47. The maximum Gasteiger partial charge on any atom is 0.434 e. The van der Waals surface area contributed by atoms with Crippen molar-refractivity contribution in [1.29, 1.82) is 0 Å². The van der Waals surface area contributed by atoms with Gasteiger partial charge in [0.25, 0.3) is 0 Å². The van der Waals surface area contributed by atoms with Gasteiger partial charge in [0.15, 0.2) is 11.5 Å². The minimum Gasteiger partial charge on any atom is -0.416 e. The van der Waals surface area contributed by atoms with E-state index in [4.69, 9.17) is 0 Å². The van der Waals surface area contributed by atoms with Crippen molar-refractivity contribution < 1.29 is 31.8 Å². The zero-order valence-electron chi connectivity index (χ0n) is 20.7. The Bertz CT molecular complexity index is 1690. The first kappa shape index (κ1) is 25.8. The van der Waals surface area contributed by atoms with Crippen LogP contribution in [0, 0.1) is 0 Å². The van der Waals surface area contributed by atoms with Gasteiger partial charge in [-0.3, -0.25) is 0 Å². The SMILES string of the molecule is Cn1cc(C(F)(F)F)nc1-c1ccc([C@@H](O)c2c[nH]c3cnc(-c4c(OC(F)F)ncnc4C4CC4)nc23)cc1. The summed E-state index contributed by atoms with van der Waals surface area (Å²) in [5.41, 5.74) is 1.77. The van der Waals surface area contributed by atoms with Crippen molar-refractivity contribution >= 4 is 11.0 Å². The fourth-order valence-electron chi connectivity index (χ4n) is 4.56. The highest BCUT2D eigenvalue weighted by Gasteiger charge is 2.35. The summed E-state index contributed by atoms with van der Waals surface area (Å²) >= 11 is 0. The summed E-state index contributed by atoms with van der Waals surface area (Å²) in [6, 6.07) is 6.28. The van der Waals surface area contributed by atoms with E-state index in [0.717, 1.165) is 25.4 Å². The maximum absolute atomic E-state index is 13.1. The monoisotopic (exact) mass is 557 g/mol. The zero-order valence-corrected chi connectivity index (χ0v) is 20.7. The number of imidazole rings is 1. The van der Waals surface area contributed by atoms with E-state index in [1.807, 2.05) is 0 Å². The largest absolute Gasteiger partial charge is 0.434 e. The van der Waals surface area contributed by atoms with Gasteiger partial charge >= 0.3 is 12.8 Å². The highest BCUT2D eigenvalue weighted by atomic mass is 19.4. The normalized spacial score (nSPS) is 14.7. The molecule has 5 aromatic rings. The van der Waals surface area contributed by atoms with Crippen LogP contribution in [0.4, 0.5) is 22.0 Å². The van der Waals surface area contributed by atoms with Crippen LogP contribution in [-0.4, -0.2) is 46.2 Å². The number of aromatic nitrogens is 7. The van der Waals surface area contributed by atoms with Gasteiger partial charge in [-0.05, 0) is 18.4 Å².